The Morgan fingerprint density at radius 2 is 1.10 bits per heavy atom. The minimum atomic E-state index is -0.407. The standard InChI is InChI=1S/C30H24Cl2N4O4/c31-26-17-22(18-27(32)35-26)30(39)34-24-9-3-20(4-10-24)28(37)19-1-7-23(8-2-19)33-29(38)21-5-11-25(12-6-21)36-13-15-40-16-14-36/h1-12,17-18H,13-16H2,(H,33,38)(H,34,39). The summed E-state index contributed by atoms with van der Waals surface area (Å²) in [6.07, 6.45) is 0. The molecule has 40 heavy (non-hydrogen) atoms. The molecular weight excluding hydrogens is 551 g/mol. The predicted octanol–water partition coefficient (Wildman–Crippen LogP) is 5.96. The van der Waals surface area contributed by atoms with E-state index < -0.39 is 5.91 Å². The molecule has 1 aliphatic heterocycles. The number of hydrogen-bond acceptors (Lipinski definition) is 6. The second-order valence-electron chi connectivity index (χ2n) is 9.04. The van der Waals surface area contributed by atoms with Gasteiger partial charge >= 0.3 is 0 Å². The van der Waals surface area contributed by atoms with Gasteiger partial charge in [-0.1, -0.05) is 23.2 Å². The van der Waals surface area contributed by atoms with Crippen molar-refractivity contribution in [3.05, 3.63) is 117 Å². The van der Waals surface area contributed by atoms with E-state index in [1.165, 1.54) is 12.1 Å². The Morgan fingerprint density at radius 3 is 1.60 bits per heavy atom. The SMILES string of the molecule is O=C(Nc1ccc(C(=O)c2ccc(NC(=O)c3cc(Cl)nc(Cl)c3)cc2)cc1)c1ccc(N2CCOCC2)cc1. The Hall–Kier alpha value is -4.24. The minimum absolute atomic E-state index is 0.113. The average Bonchev–Trinajstić information content (AvgIpc) is 2.97. The van der Waals surface area contributed by atoms with Crippen LogP contribution in [0.5, 0.6) is 0 Å². The van der Waals surface area contributed by atoms with Crippen molar-refractivity contribution < 1.29 is 19.1 Å². The Kier molecular flexibility index (Phi) is 8.40. The molecule has 0 spiro atoms. The van der Waals surface area contributed by atoms with Gasteiger partial charge in [-0.25, -0.2) is 4.98 Å². The van der Waals surface area contributed by atoms with Crippen molar-refractivity contribution in [3.63, 3.8) is 0 Å². The van der Waals surface area contributed by atoms with Crippen molar-refractivity contribution in [2.45, 2.75) is 0 Å². The molecule has 2 amide bonds. The van der Waals surface area contributed by atoms with Crippen molar-refractivity contribution in [2.75, 3.05) is 41.8 Å². The molecule has 2 heterocycles. The van der Waals surface area contributed by atoms with Crippen LogP contribution in [0.2, 0.25) is 10.3 Å². The molecule has 10 heteroatoms. The molecule has 1 fully saturated rings. The molecular formula is C30H24Cl2N4O4. The molecule has 0 saturated carbocycles. The van der Waals surface area contributed by atoms with E-state index in [2.05, 4.69) is 20.5 Å². The molecule has 0 unspecified atom stereocenters. The molecule has 4 aromatic rings. The fourth-order valence-corrected chi connectivity index (χ4v) is 4.68. The summed E-state index contributed by atoms with van der Waals surface area (Å²) in [5.41, 5.74) is 3.86. The normalized spacial score (nSPS) is 13.0. The lowest BCUT2D eigenvalue weighted by Gasteiger charge is -2.28. The summed E-state index contributed by atoms with van der Waals surface area (Å²) >= 11 is 11.7. The van der Waals surface area contributed by atoms with Crippen molar-refractivity contribution in [2.24, 2.45) is 0 Å². The van der Waals surface area contributed by atoms with Gasteiger partial charge in [0, 0.05) is 52.4 Å². The number of rotatable bonds is 7. The highest BCUT2D eigenvalue weighted by Crippen LogP contribution is 2.20. The van der Waals surface area contributed by atoms with Crippen LogP contribution < -0.4 is 15.5 Å². The smallest absolute Gasteiger partial charge is 0.255 e. The Morgan fingerprint density at radius 1 is 0.650 bits per heavy atom. The van der Waals surface area contributed by atoms with Gasteiger partial charge in [0.05, 0.1) is 13.2 Å². The summed E-state index contributed by atoms with van der Waals surface area (Å²) in [5.74, 6) is -0.834. The highest BCUT2D eigenvalue weighted by atomic mass is 35.5. The van der Waals surface area contributed by atoms with Crippen LogP contribution in [0.25, 0.3) is 0 Å². The van der Waals surface area contributed by atoms with Gasteiger partial charge in [-0.15, -0.1) is 0 Å². The first-order valence-electron chi connectivity index (χ1n) is 12.5. The topological polar surface area (TPSA) is 101 Å². The summed E-state index contributed by atoms with van der Waals surface area (Å²) in [5, 5.41) is 5.83. The zero-order valence-corrected chi connectivity index (χ0v) is 22.7. The molecule has 0 radical (unpaired) electrons. The number of morpholine rings is 1. The lowest BCUT2D eigenvalue weighted by Crippen LogP contribution is -2.36. The molecule has 0 aliphatic carbocycles. The molecule has 1 saturated heterocycles. The number of aromatic nitrogens is 1. The van der Waals surface area contributed by atoms with E-state index in [-0.39, 0.29) is 27.6 Å². The third-order valence-electron chi connectivity index (χ3n) is 6.34. The molecule has 0 atom stereocenters. The van der Waals surface area contributed by atoms with E-state index in [1.807, 2.05) is 12.1 Å². The van der Waals surface area contributed by atoms with E-state index in [9.17, 15) is 14.4 Å². The number of halogens is 2. The molecule has 3 aromatic carbocycles. The fraction of sp³-hybridized carbons (Fsp3) is 0.133. The number of amides is 2. The van der Waals surface area contributed by atoms with E-state index in [4.69, 9.17) is 27.9 Å². The zero-order chi connectivity index (χ0) is 28.1. The Balaban J connectivity index is 1.18. The molecule has 8 nitrogen and oxygen atoms in total. The lowest BCUT2D eigenvalue weighted by atomic mass is 10.0. The van der Waals surface area contributed by atoms with Crippen LogP contribution in [0.3, 0.4) is 0 Å². The molecule has 2 N–H and O–H groups in total. The second kappa shape index (κ2) is 12.3. The number of carbonyl (C=O) groups excluding carboxylic acids is 3. The average molecular weight is 575 g/mol. The summed E-state index contributed by atoms with van der Waals surface area (Å²) < 4.78 is 5.39. The van der Waals surface area contributed by atoms with Gasteiger partial charge in [0.2, 0.25) is 0 Å². The van der Waals surface area contributed by atoms with E-state index in [0.29, 0.717) is 41.3 Å². The number of ether oxygens (including phenoxy) is 1. The van der Waals surface area contributed by atoms with Crippen molar-refractivity contribution >= 4 is 57.9 Å². The molecule has 5 rings (SSSR count). The largest absolute Gasteiger partial charge is 0.378 e. The quantitative estimate of drug-likeness (QED) is 0.208. The summed E-state index contributed by atoms with van der Waals surface area (Å²) in [6, 6.07) is 23.5. The molecule has 1 aromatic heterocycles. The van der Waals surface area contributed by atoms with Gasteiger partial charge < -0.3 is 20.3 Å². The third kappa shape index (κ3) is 6.66. The van der Waals surface area contributed by atoms with Crippen LogP contribution in [-0.2, 0) is 4.74 Å². The summed E-state index contributed by atoms with van der Waals surface area (Å²) in [6.45, 7) is 3.05. The first-order chi connectivity index (χ1) is 19.4. The maximum absolute atomic E-state index is 13.0. The first-order valence-corrected chi connectivity index (χ1v) is 13.2. The Bertz CT molecular complexity index is 1520. The molecule has 0 bridgehead atoms. The summed E-state index contributed by atoms with van der Waals surface area (Å²) in [7, 11) is 0. The van der Waals surface area contributed by atoms with Gasteiger partial charge in [0.15, 0.2) is 5.78 Å². The maximum atomic E-state index is 13.0. The van der Waals surface area contributed by atoms with Crippen LogP contribution >= 0.6 is 23.2 Å². The van der Waals surface area contributed by atoms with Crippen LogP contribution in [0, 0.1) is 0 Å². The van der Waals surface area contributed by atoms with Crippen LogP contribution in [0.15, 0.2) is 84.9 Å². The minimum Gasteiger partial charge on any atom is -0.378 e. The van der Waals surface area contributed by atoms with Gasteiger partial charge in [0.25, 0.3) is 11.8 Å². The fourth-order valence-electron chi connectivity index (χ4n) is 4.22. The van der Waals surface area contributed by atoms with E-state index >= 15 is 0 Å². The predicted molar refractivity (Wildman–Crippen MR) is 156 cm³/mol. The number of benzene rings is 3. The third-order valence-corrected chi connectivity index (χ3v) is 6.73. The molecule has 1 aliphatic rings. The van der Waals surface area contributed by atoms with Gasteiger partial charge in [-0.3, -0.25) is 14.4 Å². The number of nitrogens with zero attached hydrogens (tertiary/aromatic N) is 2. The lowest BCUT2D eigenvalue weighted by molar-refractivity contribution is 0.101. The van der Waals surface area contributed by atoms with Crippen molar-refractivity contribution in [1.29, 1.82) is 0 Å². The zero-order valence-electron chi connectivity index (χ0n) is 21.2. The molecule has 202 valence electrons. The van der Waals surface area contributed by atoms with Gasteiger partial charge in [-0.05, 0) is 84.9 Å². The number of anilines is 3. The number of nitrogens with one attached hydrogen (secondary N) is 2. The van der Waals surface area contributed by atoms with E-state index in [1.54, 1.807) is 60.7 Å². The van der Waals surface area contributed by atoms with Crippen LogP contribution in [0.1, 0.15) is 36.6 Å². The number of ketones is 1. The van der Waals surface area contributed by atoms with Gasteiger partial charge in [0.1, 0.15) is 10.3 Å². The summed E-state index contributed by atoms with van der Waals surface area (Å²) in [4.78, 5) is 44.2. The van der Waals surface area contributed by atoms with Gasteiger partial charge in [-0.2, -0.15) is 0 Å². The number of pyridine rings is 1. The Labute approximate surface area is 240 Å². The van der Waals surface area contributed by atoms with Crippen LogP contribution in [0.4, 0.5) is 17.1 Å². The highest BCUT2D eigenvalue weighted by molar-refractivity contribution is 6.33. The van der Waals surface area contributed by atoms with Crippen LogP contribution in [-0.4, -0.2) is 48.9 Å². The monoisotopic (exact) mass is 574 g/mol. The highest BCUT2D eigenvalue weighted by Gasteiger charge is 2.14. The second-order valence-corrected chi connectivity index (χ2v) is 9.81. The van der Waals surface area contributed by atoms with Crippen molar-refractivity contribution in [1.82, 2.24) is 4.98 Å². The first kappa shape index (κ1) is 27.3. The van der Waals surface area contributed by atoms with Crippen molar-refractivity contribution in [3.8, 4) is 0 Å². The number of carbonyl (C=O) groups is 3. The number of hydrogen-bond donors (Lipinski definition) is 2. The maximum Gasteiger partial charge on any atom is 0.255 e. The van der Waals surface area contributed by atoms with E-state index in [0.717, 1.165) is 18.8 Å².